The molecule has 2 aromatic rings. The van der Waals surface area contributed by atoms with Crippen molar-refractivity contribution in [3.63, 3.8) is 0 Å². The molecule has 20 heavy (non-hydrogen) atoms. The Labute approximate surface area is 122 Å². The predicted octanol–water partition coefficient (Wildman–Crippen LogP) is 4.49. The summed E-state index contributed by atoms with van der Waals surface area (Å²) in [5.74, 6) is 2.10. The van der Waals surface area contributed by atoms with E-state index < -0.39 is 0 Å². The van der Waals surface area contributed by atoms with Crippen LogP contribution < -0.4 is 5.32 Å². The van der Waals surface area contributed by atoms with Crippen LogP contribution >= 0.6 is 0 Å². The van der Waals surface area contributed by atoms with Crippen LogP contribution in [-0.2, 0) is 6.42 Å². The molecule has 108 valence electrons. The Kier molecular flexibility index (Phi) is 5.02. The van der Waals surface area contributed by atoms with Crippen LogP contribution in [0.2, 0.25) is 0 Å². The van der Waals surface area contributed by atoms with Crippen LogP contribution in [0, 0.1) is 20.8 Å². The summed E-state index contributed by atoms with van der Waals surface area (Å²) in [5.41, 5.74) is 4.05. The Morgan fingerprint density at radius 3 is 2.30 bits per heavy atom. The van der Waals surface area contributed by atoms with Gasteiger partial charge < -0.3 is 9.73 Å². The van der Waals surface area contributed by atoms with Crippen molar-refractivity contribution in [3.8, 4) is 0 Å². The van der Waals surface area contributed by atoms with Gasteiger partial charge in [0.2, 0.25) is 0 Å². The number of nitrogens with one attached hydrogen (secondary N) is 1. The van der Waals surface area contributed by atoms with E-state index in [0.29, 0.717) is 6.04 Å². The second-order valence-electron chi connectivity index (χ2n) is 5.47. The minimum atomic E-state index is 0.385. The Hall–Kier alpha value is -1.54. The average Bonchev–Trinajstić information content (AvgIpc) is 2.70. The Morgan fingerprint density at radius 1 is 1.05 bits per heavy atom. The molecule has 1 unspecified atom stereocenters. The van der Waals surface area contributed by atoms with E-state index in [1.54, 1.807) is 0 Å². The normalized spacial score (nSPS) is 12.6. The molecule has 1 N–H and O–H groups in total. The first-order valence-corrected chi connectivity index (χ1v) is 7.41. The van der Waals surface area contributed by atoms with Crippen molar-refractivity contribution in [1.29, 1.82) is 0 Å². The molecule has 0 radical (unpaired) electrons. The van der Waals surface area contributed by atoms with Gasteiger partial charge in [0.25, 0.3) is 0 Å². The fraction of sp³-hybridized carbons (Fsp3) is 0.444. The first-order valence-electron chi connectivity index (χ1n) is 7.41. The number of rotatable bonds is 6. The van der Waals surface area contributed by atoms with Crippen LogP contribution in [-0.4, -0.2) is 7.05 Å². The lowest BCUT2D eigenvalue weighted by Gasteiger charge is -2.17. The lowest BCUT2D eigenvalue weighted by atomic mass is 9.96. The predicted molar refractivity (Wildman–Crippen MR) is 84.1 cm³/mol. The summed E-state index contributed by atoms with van der Waals surface area (Å²) in [6, 6.07) is 11.1. The van der Waals surface area contributed by atoms with Gasteiger partial charge in [-0.25, -0.2) is 0 Å². The maximum Gasteiger partial charge on any atom is 0.106 e. The van der Waals surface area contributed by atoms with Crippen LogP contribution in [0.15, 0.2) is 34.7 Å². The molecule has 0 bridgehead atoms. The van der Waals surface area contributed by atoms with E-state index >= 15 is 0 Å². The van der Waals surface area contributed by atoms with E-state index in [9.17, 15) is 0 Å². The molecule has 0 amide bonds. The first-order chi connectivity index (χ1) is 9.63. The second-order valence-corrected chi connectivity index (χ2v) is 5.47. The lowest BCUT2D eigenvalue weighted by Crippen LogP contribution is -2.17. The molecule has 1 aromatic heterocycles. The van der Waals surface area contributed by atoms with Gasteiger partial charge >= 0.3 is 0 Å². The van der Waals surface area contributed by atoms with Crippen molar-refractivity contribution < 1.29 is 4.42 Å². The molecule has 0 aliphatic rings. The van der Waals surface area contributed by atoms with Gasteiger partial charge in [0, 0.05) is 11.6 Å². The van der Waals surface area contributed by atoms with Crippen molar-refractivity contribution in [1.82, 2.24) is 5.32 Å². The van der Waals surface area contributed by atoms with E-state index in [1.165, 1.54) is 23.1 Å². The van der Waals surface area contributed by atoms with E-state index in [4.69, 9.17) is 4.42 Å². The van der Waals surface area contributed by atoms with E-state index in [1.807, 2.05) is 14.0 Å². The summed E-state index contributed by atoms with van der Waals surface area (Å²) in [6.45, 7) is 6.27. The Balaban J connectivity index is 1.99. The van der Waals surface area contributed by atoms with Crippen molar-refractivity contribution in [2.45, 2.75) is 46.1 Å². The largest absolute Gasteiger partial charge is 0.466 e. The van der Waals surface area contributed by atoms with Crippen molar-refractivity contribution in [3.05, 3.63) is 58.5 Å². The zero-order chi connectivity index (χ0) is 14.5. The molecule has 2 nitrogen and oxygen atoms in total. The third-order valence-corrected chi connectivity index (χ3v) is 4.12. The van der Waals surface area contributed by atoms with Gasteiger partial charge in [-0.05, 0) is 58.2 Å². The summed E-state index contributed by atoms with van der Waals surface area (Å²) in [4.78, 5) is 0. The molecule has 0 spiro atoms. The van der Waals surface area contributed by atoms with Crippen molar-refractivity contribution in [2.75, 3.05) is 7.05 Å². The average molecular weight is 271 g/mol. The standard InChI is InChI=1S/C18H25NO/c1-13-14(2)20-15(3)18(13)17(19-4)12-8-11-16-9-6-5-7-10-16/h5-7,9-10,17,19H,8,11-12H2,1-4H3. The zero-order valence-electron chi connectivity index (χ0n) is 13.0. The van der Waals surface area contributed by atoms with E-state index in [0.717, 1.165) is 24.4 Å². The van der Waals surface area contributed by atoms with E-state index in [2.05, 4.69) is 49.5 Å². The molecule has 1 atom stereocenters. The quantitative estimate of drug-likeness (QED) is 0.837. The summed E-state index contributed by atoms with van der Waals surface area (Å²) in [7, 11) is 2.04. The van der Waals surface area contributed by atoms with Crippen LogP contribution in [0.1, 0.15) is 47.1 Å². The molecule has 1 aromatic carbocycles. The van der Waals surface area contributed by atoms with Crippen LogP contribution in [0.5, 0.6) is 0 Å². The number of hydrogen-bond acceptors (Lipinski definition) is 2. The summed E-state index contributed by atoms with van der Waals surface area (Å²) >= 11 is 0. The Morgan fingerprint density at radius 2 is 1.75 bits per heavy atom. The number of hydrogen-bond donors (Lipinski definition) is 1. The molecular formula is C18H25NO. The van der Waals surface area contributed by atoms with Gasteiger partial charge in [-0.15, -0.1) is 0 Å². The molecule has 2 heteroatoms. The maximum atomic E-state index is 5.75. The first kappa shape index (κ1) is 14.9. The van der Waals surface area contributed by atoms with Crippen LogP contribution in [0.4, 0.5) is 0 Å². The van der Waals surface area contributed by atoms with Crippen LogP contribution in [0.3, 0.4) is 0 Å². The summed E-state index contributed by atoms with van der Waals surface area (Å²) in [5, 5.41) is 3.44. The second kappa shape index (κ2) is 6.76. The lowest BCUT2D eigenvalue weighted by molar-refractivity contribution is 0.479. The summed E-state index contributed by atoms with van der Waals surface area (Å²) in [6.07, 6.45) is 3.44. The number of benzene rings is 1. The number of furan rings is 1. The van der Waals surface area contributed by atoms with Gasteiger partial charge in [0.1, 0.15) is 11.5 Å². The third kappa shape index (κ3) is 3.31. The molecule has 0 aliphatic carbocycles. The molecule has 2 rings (SSSR count). The van der Waals surface area contributed by atoms with Crippen molar-refractivity contribution in [2.24, 2.45) is 0 Å². The van der Waals surface area contributed by atoms with Gasteiger partial charge in [-0.1, -0.05) is 30.3 Å². The minimum Gasteiger partial charge on any atom is -0.466 e. The highest BCUT2D eigenvalue weighted by molar-refractivity contribution is 5.34. The molecule has 0 fully saturated rings. The van der Waals surface area contributed by atoms with Gasteiger partial charge in [-0.3, -0.25) is 0 Å². The smallest absolute Gasteiger partial charge is 0.106 e. The van der Waals surface area contributed by atoms with Gasteiger partial charge in [-0.2, -0.15) is 0 Å². The fourth-order valence-electron chi connectivity index (χ4n) is 2.91. The molecule has 0 saturated heterocycles. The molecule has 1 heterocycles. The van der Waals surface area contributed by atoms with Gasteiger partial charge in [0.15, 0.2) is 0 Å². The van der Waals surface area contributed by atoms with Crippen molar-refractivity contribution >= 4 is 0 Å². The van der Waals surface area contributed by atoms with Crippen LogP contribution in [0.25, 0.3) is 0 Å². The highest BCUT2D eigenvalue weighted by Crippen LogP contribution is 2.29. The number of aryl methyl sites for hydroxylation is 3. The molecule has 0 aliphatic heterocycles. The zero-order valence-corrected chi connectivity index (χ0v) is 13.0. The highest BCUT2D eigenvalue weighted by Gasteiger charge is 2.19. The fourth-order valence-corrected chi connectivity index (χ4v) is 2.91. The minimum absolute atomic E-state index is 0.385. The summed E-state index contributed by atoms with van der Waals surface area (Å²) < 4.78 is 5.75. The Bertz CT molecular complexity index is 542. The SMILES string of the molecule is CNC(CCCc1ccccc1)c1c(C)oc(C)c1C. The topological polar surface area (TPSA) is 25.2 Å². The maximum absolute atomic E-state index is 5.75. The molecular weight excluding hydrogens is 246 g/mol. The van der Waals surface area contributed by atoms with E-state index in [-0.39, 0.29) is 0 Å². The monoisotopic (exact) mass is 271 g/mol. The van der Waals surface area contributed by atoms with Gasteiger partial charge in [0.05, 0.1) is 0 Å². The third-order valence-electron chi connectivity index (χ3n) is 4.12. The molecule has 0 saturated carbocycles. The highest BCUT2D eigenvalue weighted by atomic mass is 16.3.